The smallest absolute Gasteiger partial charge is 0.274 e. The second-order valence-corrected chi connectivity index (χ2v) is 7.53. The van der Waals surface area contributed by atoms with Crippen molar-refractivity contribution in [2.45, 2.75) is 52.4 Å². The van der Waals surface area contributed by atoms with E-state index in [9.17, 15) is 4.79 Å². The van der Waals surface area contributed by atoms with Crippen LogP contribution in [0.15, 0.2) is 30.6 Å². The highest BCUT2D eigenvalue weighted by Crippen LogP contribution is 2.32. The van der Waals surface area contributed by atoms with Gasteiger partial charge in [0.1, 0.15) is 17.8 Å². The highest BCUT2D eigenvalue weighted by Gasteiger charge is 2.19. The number of nitrogens with one attached hydrogen (secondary N) is 1. The molecule has 138 valence electrons. The van der Waals surface area contributed by atoms with Gasteiger partial charge in [-0.25, -0.2) is 9.97 Å². The van der Waals surface area contributed by atoms with Crippen LogP contribution in [0.4, 0.5) is 11.5 Å². The van der Waals surface area contributed by atoms with Crippen molar-refractivity contribution >= 4 is 17.4 Å². The molecule has 0 radical (unpaired) electrons. The van der Waals surface area contributed by atoms with Crippen molar-refractivity contribution in [2.24, 2.45) is 0 Å². The first-order valence-electron chi connectivity index (χ1n) is 9.48. The van der Waals surface area contributed by atoms with E-state index in [1.54, 1.807) is 6.07 Å². The SMILES string of the molecule is CC(C)c1cccc(C(C)C)c1NC(=O)c1cc(N2CCCC2)ncn1. The van der Waals surface area contributed by atoms with Crippen LogP contribution in [-0.2, 0) is 0 Å². The van der Waals surface area contributed by atoms with E-state index in [2.05, 4.69) is 66.1 Å². The fourth-order valence-electron chi connectivity index (χ4n) is 3.46. The van der Waals surface area contributed by atoms with E-state index >= 15 is 0 Å². The Kier molecular flexibility index (Phi) is 5.55. The maximum absolute atomic E-state index is 12.9. The summed E-state index contributed by atoms with van der Waals surface area (Å²) in [4.78, 5) is 23.7. The summed E-state index contributed by atoms with van der Waals surface area (Å²) in [6, 6.07) is 8.04. The molecule has 0 aliphatic carbocycles. The van der Waals surface area contributed by atoms with Crippen LogP contribution in [-0.4, -0.2) is 29.0 Å². The zero-order valence-electron chi connectivity index (χ0n) is 16.1. The third kappa shape index (κ3) is 3.87. The number of nitrogens with zero attached hydrogens (tertiary/aromatic N) is 3. The number of anilines is 2. The van der Waals surface area contributed by atoms with Gasteiger partial charge < -0.3 is 10.2 Å². The summed E-state index contributed by atoms with van der Waals surface area (Å²) in [5.41, 5.74) is 3.63. The molecule has 1 aromatic heterocycles. The molecule has 1 aliphatic rings. The third-order valence-electron chi connectivity index (χ3n) is 4.93. The number of amides is 1. The van der Waals surface area contributed by atoms with E-state index in [1.807, 2.05) is 0 Å². The first-order chi connectivity index (χ1) is 12.5. The molecule has 1 saturated heterocycles. The Balaban J connectivity index is 1.89. The molecule has 2 aromatic rings. The molecule has 5 nitrogen and oxygen atoms in total. The molecule has 0 bridgehead atoms. The van der Waals surface area contributed by atoms with Crippen molar-refractivity contribution in [1.29, 1.82) is 0 Å². The summed E-state index contributed by atoms with van der Waals surface area (Å²) < 4.78 is 0. The molecule has 0 saturated carbocycles. The van der Waals surface area contributed by atoms with Gasteiger partial charge in [-0.05, 0) is 35.8 Å². The van der Waals surface area contributed by atoms with E-state index in [1.165, 1.54) is 19.2 Å². The molecule has 2 heterocycles. The topological polar surface area (TPSA) is 58.1 Å². The van der Waals surface area contributed by atoms with E-state index in [0.717, 1.165) is 35.7 Å². The number of rotatable bonds is 5. The average molecular weight is 352 g/mol. The summed E-state index contributed by atoms with van der Waals surface area (Å²) in [6.45, 7) is 10.6. The molecular weight excluding hydrogens is 324 g/mol. The minimum absolute atomic E-state index is 0.178. The van der Waals surface area contributed by atoms with Crippen LogP contribution in [0.5, 0.6) is 0 Å². The van der Waals surface area contributed by atoms with Gasteiger partial charge in [0.05, 0.1) is 0 Å². The van der Waals surface area contributed by atoms with Crippen molar-refractivity contribution in [3.05, 3.63) is 47.4 Å². The van der Waals surface area contributed by atoms with E-state index in [4.69, 9.17) is 0 Å². The second-order valence-electron chi connectivity index (χ2n) is 7.53. The van der Waals surface area contributed by atoms with Gasteiger partial charge in [-0.2, -0.15) is 0 Å². The Hall–Kier alpha value is -2.43. The van der Waals surface area contributed by atoms with Gasteiger partial charge >= 0.3 is 0 Å². The molecule has 0 atom stereocenters. The highest BCUT2D eigenvalue weighted by molar-refractivity contribution is 6.04. The predicted octanol–water partition coefficient (Wildman–Crippen LogP) is 4.58. The molecular formula is C21H28N4O. The number of benzene rings is 1. The summed E-state index contributed by atoms with van der Waals surface area (Å²) >= 11 is 0. The summed E-state index contributed by atoms with van der Waals surface area (Å²) in [7, 11) is 0. The Morgan fingerprint density at radius 2 is 1.65 bits per heavy atom. The van der Waals surface area contributed by atoms with Crippen molar-refractivity contribution in [1.82, 2.24) is 9.97 Å². The first-order valence-corrected chi connectivity index (χ1v) is 9.48. The third-order valence-corrected chi connectivity index (χ3v) is 4.93. The number of para-hydroxylation sites is 1. The number of hydrogen-bond donors (Lipinski definition) is 1. The highest BCUT2D eigenvalue weighted by atomic mass is 16.1. The molecule has 26 heavy (non-hydrogen) atoms. The van der Waals surface area contributed by atoms with E-state index in [-0.39, 0.29) is 5.91 Å². The zero-order chi connectivity index (χ0) is 18.7. The second kappa shape index (κ2) is 7.85. The quantitative estimate of drug-likeness (QED) is 0.856. The van der Waals surface area contributed by atoms with Crippen LogP contribution >= 0.6 is 0 Å². The molecule has 0 spiro atoms. The van der Waals surface area contributed by atoms with Crippen molar-refractivity contribution in [3.63, 3.8) is 0 Å². The lowest BCUT2D eigenvalue weighted by atomic mass is 9.92. The Morgan fingerprint density at radius 3 is 2.23 bits per heavy atom. The Labute approximate surface area is 155 Å². The summed E-state index contributed by atoms with van der Waals surface area (Å²) in [5.74, 6) is 1.32. The minimum Gasteiger partial charge on any atom is -0.357 e. The maximum atomic E-state index is 12.9. The fraction of sp³-hybridized carbons (Fsp3) is 0.476. The normalized spacial score (nSPS) is 14.3. The van der Waals surface area contributed by atoms with Gasteiger partial charge in [0.2, 0.25) is 0 Å². The van der Waals surface area contributed by atoms with Crippen LogP contribution in [0, 0.1) is 0 Å². The zero-order valence-corrected chi connectivity index (χ0v) is 16.1. The van der Waals surface area contributed by atoms with Crippen molar-refractivity contribution < 1.29 is 4.79 Å². The summed E-state index contributed by atoms with van der Waals surface area (Å²) in [5, 5.41) is 3.13. The molecule has 1 fully saturated rings. The molecule has 3 rings (SSSR count). The van der Waals surface area contributed by atoms with Crippen LogP contribution < -0.4 is 10.2 Å². The van der Waals surface area contributed by atoms with Gasteiger partial charge in [-0.3, -0.25) is 4.79 Å². The number of hydrogen-bond acceptors (Lipinski definition) is 4. The lowest BCUT2D eigenvalue weighted by molar-refractivity contribution is 0.102. The predicted molar refractivity (Wildman–Crippen MR) is 106 cm³/mol. The van der Waals surface area contributed by atoms with E-state index < -0.39 is 0 Å². The molecule has 1 N–H and O–H groups in total. The van der Waals surface area contributed by atoms with Crippen molar-refractivity contribution in [2.75, 3.05) is 23.3 Å². The standard InChI is InChI=1S/C21H28N4O/c1-14(2)16-8-7-9-17(15(3)4)20(16)24-21(26)18-12-19(23-13-22-18)25-10-5-6-11-25/h7-9,12-15H,5-6,10-11H2,1-4H3,(H,24,26). The monoisotopic (exact) mass is 352 g/mol. The van der Waals surface area contributed by atoms with Crippen LogP contribution in [0.1, 0.15) is 74.0 Å². The van der Waals surface area contributed by atoms with Crippen LogP contribution in [0.25, 0.3) is 0 Å². The number of aromatic nitrogens is 2. The maximum Gasteiger partial charge on any atom is 0.274 e. The number of carbonyl (C=O) groups is 1. The van der Waals surface area contributed by atoms with Crippen LogP contribution in [0.3, 0.4) is 0 Å². The number of carbonyl (C=O) groups excluding carboxylic acids is 1. The molecule has 0 unspecified atom stereocenters. The van der Waals surface area contributed by atoms with Crippen molar-refractivity contribution in [3.8, 4) is 0 Å². The van der Waals surface area contributed by atoms with Gasteiger partial charge in [0.25, 0.3) is 5.91 Å². The average Bonchev–Trinajstić information content (AvgIpc) is 3.16. The summed E-state index contributed by atoms with van der Waals surface area (Å²) in [6.07, 6.45) is 3.83. The molecule has 5 heteroatoms. The van der Waals surface area contributed by atoms with Gasteiger partial charge in [-0.15, -0.1) is 0 Å². The van der Waals surface area contributed by atoms with E-state index in [0.29, 0.717) is 17.5 Å². The largest absolute Gasteiger partial charge is 0.357 e. The van der Waals surface area contributed by atoms with Gasteiger partial charge in [0, 0.05) is 24.8 Å². The molecule has 1 aromatic carbocycles. The Bertz CT molecular complexity index is 753. The first kappa shape index (κ1) is 18.4. The lowest BCUT2D eigenvalue weighted by Gasteiger charge is -2.20. The molecule has 1 amide bonds. The minimum atomic E-state index is -0.178. The van der Waals surface area contributed by atoms with Gasteiger partial charge in [-0.1, -0.05) is 45.9 Å². The lowest BCUT2D eigenvalue weighted by Crippen LogP contribution is -2.21. The molecule has 1 aliphatic heterocycles. The van der Waals surface area contributed by atoms with Crippen LogP contribution in [0.2, 0.25) is 0 Å². The fourth-order valence-corrected chi connectivity index (χ4v) is 3.46. The van der Waals surface area contributed by atoms with Gasteiger partial charge in [0.15, 0.2) is 0 Å². The Morgan fingerprint density at radius 1 is 1.04 bits per heavy atom.